The third-order valence-electron chi connectivity index (χ3n) is 5.10. The van der Waals surface area contributed by atoms with Crippen LogP contribution in [0, 0.1) is 0 Å². The maximum Gasteiger partial charge on any atom is 0.128 e. The molecule has 4 heteroatoms. The van der Waals surface area contributed by atoms with E-state index in [1.165, 1.54) is 12.8 Å². The number of rotatable bonds is 3. The van der Waals surface area contributed by atoms with Gasteiger partial charge in [-0.05, 0) is 24.3 Å². The standard InChI is InChI=1S/C20H20ClN3/c1-2-12-8-5-9-14-15(10-23-19(12)14)16-11-24-20(22)17(18(16)21)13-6-3-4-7-13/h2,5,8-11,13,23H,1,3-4,6-7H2,(H2,22,24). The van der Waals surface area contributed by atoms with Crippen LogP contribution in [0.1, 0.15) is 42.7 Å². The Labute approximate surface area is 146 Å². The van der Waals surface area contributed by atoms with Crippen molar-refractivity contribution >= 4 is 34.4 Å². The van der Waals surface area contributed by atoms with Crippen LogP contribution in [0.4, 0.5) is 5.82 Å². The van der Waals surface area contributed by atoms with Crippen LogP contribution in [-0.2, 0) is 0 Å². The van der Waals surface area contributed by atoms with Crippen LogP contribution in [0.3, 0.4) is 0 Å². The monoisotopic (exact) mass is 337 g/mol. The fourth-order valence-electron chi connectivity index (χ4n) is 3.88. The van der Waals surface area contributed by atoms with Crippen molar-refractivity contribution in [2.45, 2.75) is 31.6 Å². The molecule has 1 aliphatic carbocycles. The molecule has 4 rings (SSSR count). The molecule has 1 saturated carbocycles. The quantitative estimate of drug-likeness (QED) is 0.637. The number of H-pyrrole nitrogens is 1. The SMILES string of the molecule is C=Cc1cccc2c(-c3cnc(N)c(C4CCCC4)c3Cl)c[nH]c12. The third-order valence-corrected chi connectivity index (χ3v) is 5.51. The number of hydrogen-bond acceptors (Lipinski definition) is 2. The van der Waals surface area contributed by atoms with E-state index in [1.54, 1.807) is 6.20 Å². The van der Waals surface area contributed by atoms with E-state index in [0.717, 1.165) is 51.0 Å². The van der Waals surface area contributed by atoms with Gasteiger partial charge in [-0.1, -0.05) is 55.3 Å². The average Bonchev–Trinajstić information content (AvgIpc) is 3.25. The smallest absolute Gasteiger partial charge is 0.128 e. The minimum Gasteiger partial charge on any atom is -0.383 e. The molecule has 0 amide bonds. The number of anilines is 1. The third kappa shape index (κ3) is 2.31. The Kier molecular flexibility index (Phi) is 3.81. The van der Waals surface area contributed by atoms with Gasteiger partial charge in [-0.25, -0.2) is 4.98 Å². The number of hydrogen-bond donors (Lipinski definition) is 2. The molecule has 0 spiro atoms. The fourth-order valence-corrected chi connectivity index (χ4v) is 4.28. The number of halogens is 1. The van der Waals surface area contributed by atoms with Crippen LogP contribution >= 0.6 is 11.6 Å². The summed E-state index contributed by atoms with van der Waals surface area (Å²) in [7, 11) is 0. The number of aromatic amines is 1. The predicted molar refractivity (Wildman–Crippen MR) is 102 cm³/mol. The van der Waals surface area contributed by atoms with Crippen molar-refractivity contribution in [1.29, 1.82) is 0 Å². The molecule has 0 bridgehead atoms. The lowest BCUT2D eigenvalue weighted by atomic mass is 9.94. The van der Waals surface area contributed by atoms with Gasteiger partial charge in [0.2, 0.25) is 0 Å². The van der Waals surface area contributed by atoms with Crippen molar-refractivity contribution in [3.05, 3.63) is 53.3 Å². The summed E-state index contributed by atoms with van der Waals surface area (Å²) in [5, 5.41) is 1.87. The fraction of sp³-hybridized carbons (Fsp3) is 0.250. The highest BCUT2D eigenvalue weighted by Crippen LogP contribution is 2.44. The molecule has 3 nitrogen and oxygen atoms in total. The van der Waals surface area contributed by atoms with Crippen molar-refractivity contribution < 1.29 is 0 Å². The van der Waals surface area contributed by atoms with Gasteiger partial charge in [0.1, 0.15) is 5.82 Å². The Balaban J connectivity index is 1.91. The van der Waals surface area contributed by atoms with Gasteiger partial charge < -0.3 is 10.7 Å². The first-order chi connectivity index (χ1) is 11.7. The van der Waals surface area contributed by atoms with Crippen LogP contribution in [0.25, 0.3) is 28.1 Å². The molecular formula is C20H20ClN3. The number of nitrogen functional groups attached to an aromatic ring is 1. The van der Waals surface area contributed by atoms with Gasteiger partial charge in [-0.3, -0.25) is 0 Å². The molecular weight excluding hydrogens is 318 g/mol. The van der Waals surface area contributed by atoms with Crippen LogP contribution in [-0.4, -0.2) is 9.97 Å². The van der Waals surface area contributed by atoms with Gasteiger partial charge >= 0.3 is 0 Å². The molecule has 0 unspecified atom stereocenters. The maximum atomic E-state index is 6.81. The van der Waals surface area contributed by atoms with Gasteiger partial charge in [-0.2, -0.15) is 0 Å². The second-order valence-corrected chi connectivity index (χ2v) is 6.82. The second-order valence-electron chi connectivity index (χ2n) is 6.44. The molecule has 3 N–H and O–H groups in total. The Morgan fingerprint density at radius 1 is 1.25 bits per heavy atom. The number of aromatic nitrogens is 2. The van der Waals surface area contributed by atoms with E-state index >= 15 is 0 Å². The van der Waals surface area contributed by atoms with Crippen molar-refractivity contribution in [2.75, 3.05) is 5.73 Å². The van der Waals surface area contributed by atoms with E-state index in [4.69, 9.17) is 17.3 Å². The lowest BCUT2D eigenvalue weighted by Gasteiger charge is -2.16. The molecule has 1 aliphatic rings. The zero-order chi connectivity index (χ0) is 16.7. The van der Waals surface area contributed by atoms with Crippen LogP contribution in [0.5, 0.6) is 0 Å². The van der Waals surface area contributed by atoms with Crippen molar-refractivity contribution in [2.24, 2.45) is 0 Å². The molecule has 2 heterocycles. The predicted octanol–water partition coefficient (Wildman–Crippen LogP) is 5.77. The number of nitrogens with zero attached hydrogens (tertiary/aromatic N) is 1. The lowest BCUT2D eigenvalue weighted by Crippen LogP contribution is -2.04. The first-order valence-electron chi connectivity index (χ1n) is 8.37. The average molecular weight is 338 g/mol. The summed E-state index contributed by atoms with van der Waals surface area (Å²) >= 11 is 6.81. The zero-order valence-electron chi connectivity index (χ0n) is 13.5. The van der Waals surface area contributed by atoms with Gasteiger partial charge in [0.05, 0.1) is 10.5 Å². The number of fused-ring (bicyclic) bond motifs is 1. The summed E-state index contributed by atoms with van der Waals surface area (Å²) in [5.41, 5.74) is 11.3. The van der Waals surface area contributed by atoms with Crippen LogP contribution < -0.4 is 5.73 Å². The topological polar surface area (TPSA) is 54.7 Å². The first-order valence-corrected chi connectivity index (χ1v) is 8.75. The van der Waals surface area contributed by atoms with Crippen LogP contribution in [0.2, 0.25) is 5.02 Å². The number of nitrogens with one attached hydrogen (secondary N) is 1. The van der Waals surface area contributed by atoms with Crippen molar-refractivity contribution in [3.63, 3.8) is 0 Å². The Bertz CT molecular complexity index is 920. The first kappa shape index (κ1) is 15.3. The number of pyridine rings is 1. The Morgan fingerprint density at radius 3 is 2.79 bits per heavy atom. The second kappa shape index (κ2) is 5.99. The van der Waals surface area contributed by atoms with E-state index in [2.05, 4.69) is 22.6 Å². The highest BCUT2D eigenvalue weighted by Gasteiger charge is 2.25. The minimum absolute atomic E-state index is 0.430. The van der Waals surface area contributed by atoms with E-state index in [1.807, 2.05) is 24.4 Å². The molecule has 1 fully saturated rings. The van der Waals surface area contributed by atoms with E-state index in [9.17, 15) is 0 Å². The highest BCUT2D eigenvalue weighted by molar-refractivity contribution is 6.35. The Morgan fingerprint density at radius 2 is 2.04 bits per heavy atom. The molecule has 0 atom stereocenters. The normalized spacial score (nSPS) is 15.2. The number of para-hydroxylation sites is 1. The summed E-state index contributed by atoms with van der Waals surface area (Å²) in [5.74, 6) is 1.00. The largest absolute Gasteiger partial charge is 0.383 e. The van der Waals surface area contributed by atoms with Crippen molar-refractivity contribution in [3.8, 4) is 11.1 Å². The molecule has 0 saturated heterocycles. The van der Waals surface area contributed by atoms with Gasteiger partial charge in [0, 0.05) is 34.5 Å². The zero-order valence-corrected chi connectivity index (χ0v) is 14.2. The Hall–Kier alpha value is -2.26. The van der Waals surface area contributed by atoms with E-state index in [-0.39, 0.29) is 0 Å². The molecule has 24 heavy (non-hydrogen) atoms. The summed E-state index contributed by atoms with van der Waals surface area (Å²) in [4.78, 5) is 7.80. The summed E-state index contributed by atoms with van der Waals surface area (Å²) in [6.07, 6.45) is 10.4. The minimum atomic E-state index is 0.430. The van der Waals surface area contributed by atoms with E-state index < -0.39 is 0 Å². The van der Waals surface area contributed by atoms with Crippen LogP contribution in [0.15, 0.2) is 37.2 Å². The lowest BCUT2D eigenvalue weighted by molar-refractivity contribution is 0.723. The van der Waals surface area contributed by atoms with Gasteiger partial charge in [0.15, 0.2) is 0 Å². The molecule has 3 aromatic rings. The number of nitrogens with two attached hydrogens (primary N) is 1. The summed E-state index contributed by atoms with van der Waals surface area (Å²) in [6.45, 7) is 3.88. The molecule has 0 radical (unpaired) electrons. The maximum absolute atomic E-state index is 6.81. The number of benzene rings is 1. The molecule has 0 aliphatic heterocycles. The summed E-state index contributed by atoms with van der Waals surface area (Å²) < 4.78 is 0. The summed E-state index contributed by atoms with van der Waals surface area (Å²) in [6, 6.07) is 6.17. The van der Waals surface area contributed by atoms with Gasteiger partial charge in [0.25, 0.3) is 0 Å². The van der Waals surface area contributed by atoms with Crippen molar-refractivity contribution in [1.82, 2.24) is 9.97 Å². The van der Waals surface area contributed by atoms with E-state index in [0.29, 0.717) is 11.7 Å². The highest BCUT2D eigenvalue weighted by atomic mass is 35.5. The molecule has 1 aromatic carbocycles. The molecule has 122 valence electrons. The van der Waals surface area contributed by atoms with Gasteiger partial charge in [-0.15, -0.1) is 0 Å². The molecule has 2 aromatic heterocycles.